The summed E-state index contributed by atoms with van der Waals surface area (Å²) in [4.78, 5) is 27.0. The van der Waals surface area contributed by atoms with Crippen molar-refractivity contribution in [2.24, 2.45) is 0 Å². The van der Waals surface area contributed by atoms with Crippen molar-refractivity contribution in [2.45, 2.75) is 19.3 Å². The zero-order valence-electron chi connectivity index (χ0n) is 14.1. The van der Waals surface area contributed by atoms with Gasteiger partial charge < -0.3 is 15.0 Å². The molecule has 0 fully saturated rings. The van der Waals surface area contributed by atoms with Gasteiger partial charge in [-0.05, 0) is 59.2 Å². The summed E-state index contributed by atoms with van der Waals surface area (Å²) in [5.74, 6) is -0.693. The van der Waals surface area contributed by atoms with Crippen molar-refractivity contribution in [1.29, 1.82) is 0 Å². The third kappa shape index (κ3) is 4.85. The molecule has 0 saturated heterocycles. The summed E-state index contributed by atoms with van der Waals surface area (Å²) in [7, 11) is 0. The molecule has 0 aliphatic rings. The fraction of sp³-hybridized carbons (Fsp3) is 0.200. The summed E-state index contributed by atoms with van der Waals surface area (Å²) in [6, 6.07) is 15.5. The van der Waals surface area contributed by atoms with Crippen molar-refractivity contribution in [1.82, 2.24) is 4.98 Å². The highest BCUT2D eigenvalue weighted by Gasteiger charge is 2.10. The van der Waals surface area contributed by atoms with Gasteiger partial charge in [0.05, 0.1) is 5.69 Å². The minimum atomic E-state index is -0.359. The second-order valence-corrected chi connectivity index (χ2v) is 7.06. The molecular formula is C20H19IN2O3. The highest BCUT2D eigenvalue weighted by molar-refractivity contribution is 14.1. The molecule has 0 saturated carbocycles. The van der Waals surface area contributed by atoms with Gasteiger partial charge in [0.1, 0.15) is 0 Å². The van der Waals surface area contributed by atoms with Crippen LogP contribution in [0.4, 0.5) is 5.69 Å². The van der Waals surface area contributed by atoms with Crippen molar-refractivity contribution in [2.75, 3.05) is 11.9 Å². The van der Waals surface area contributed by atoms with Crippen molar-refractivity contribution in [3.8, 4) is 0 Å². The molecule has 0 atom stereocenters. The van der Waals surface area contributed by atoms with E-state index >= 15 is 0 Å². The quantitative estimate of drug-likeness (QED) is 0.407. The van der Waals surface area contributed by atoms with Crippen LogP contribution in [0.25, 0.3) is 10.9 Å². The van der Waals surface area contributed by atoms with Gasteiger partial charge in [-0.2, -0.15) is 0 Å². The second-order valence-electron chi connectivity index (χ2n) is 5.90. The van der Waals surface area contributed by atoms with Gasteiger partial charge in [0.25, 0.3) is 5.91 Å². The topological polar surface area (TPSA) is 71.2 Å². The monoisotopic (exact) mass is 462 g/mol. The lowest BCUT2D eigenvalue weighted by atomic mass is 10.1. The van der Waals surface area contributed by atoms with Crippen LogP contribution >= 0.6 is 22.6 Å². The molecule has 1 heterocycles. The van der Waals surface area contributed by atoms with Crippen LogP contribution in [0.15, 0.2) is 54.7 Å². The number of aryl methyl sites for hydroxylation is 1. The number of ether oxygens (including phenoxy) is 1. The van der Waals surface area contributed by atoms with Crippen LogP contribution < -0.4 is 5.32 Å². The third-order valence-electron chi connectivity index (χ3n) is 4.01. The molecule has 134 valence electrons. The normalized spacial score (nSPS) is 10.7. The Morgan fingerprint density at radius 3 is 2.69 bits per heavy atom. The molecule has 6 heteroatoms. The summed E-state index contributed by atoms with van der Waals surface area (Å²) in [6.07, 6.45) is 3.73. The predicted molar refractivity (Wildman–Crippen MR) is 110 cm³/mol. The van der Waals surface area contributed by atoms with E-state index in [0.717, 1.165) is 15.5 Å². The molecule has 3 rings (SSSR count). The molecular weight excluding hydrogens is 443 g/mol. The van der Waals surface area contributed by atoms with Gasteiger partial charge in [0, 0.05) is 27.1 Å². The lowest BCUT2D eigenvalue weighted by molar-refractivity contribution is -0.147. The van der Waals surface area contributed by atoms with Gasteiger partial charge in [-0.1, -0.05) is 30.3 Å². The fourth-order valence-electron chi connectivity index (χ4n) is 2.73. The minimum absolute atomic E-state index is 0.267. The van der Waals surface area contributed by atoms with E-state index in [9.17, 15) is 9.59 Å². The number of aromatic amines is 1. The number of anilines is 1. The summed E-state index contributed by atoms with van der Waals surface area (Å²) >= 11 is 2.14. The number of hydrogen-bond acceptors (Lipinski definition) is 3. The molecule has 1 aromatic heterocycles. The maximum absolute atomic E-state index is 11.9. The molecule has 0 aliphatic heterocycles. The van der Waals surface area contributed by atoms with Gasteiger partial charge in [-0.15, -0.1) is 0 Å². The van der Waals surface area contributed by atoms with Crippen LogP contribution in [0.5, 0.6) is 0 Å². The third-order valence-corrected chi connectivity index (χ3v) is 4.95. The molecule has 2 aromatic carbocycles. The van der Waals surface area contributed by atoms with E-state index in [1.165, 1.54) is 10.9 Å². The minimum Gasteiger partial charge on any atom is -0.456 e. The van der Waals surface area contributed by atoms with E-state index in [1.807, 2.05) is 48.7 Å². The van der Waals surface area contributed by atoms with E-state index in [1.54, 1.807) is 0 Å². The number of amides is 1. The lowest BCUT2D eigenvalue weighted by Crippen LogP contribution is -2.21. The molecule has 1 amide bonds. The SMILES string of the molecule is O=C(COC(=O)CCCc1c[nH]c2ccccc12)Nc1ccccc1I. The highest BCUT2D eigenvalue weighted by Crippen LogP contribution is 2.19. The Morgan fingerprint density at radius 1 is 1.08 bits per heavy atom. The van der Waals surface area contributed by atoms with Gasteiger partial charge in [0.15, 0.2) is 6.61 Å². The van der Waals surface area contributed by atoms with Crippen LogP contribution in [0.2, 0.25) is 0 Å². The van der Waals surface area contributed by atoms with Crippen LogP contribution in [0.1, 0.15) is 18.4 Å². The van der Waals surface area contributed by atoms with E-state index in [0.29, 0.717) is 12.1 Å². The number of benzene rings is 2. The van der Waals surface area contributed by atoms with Crippen LogP contribution in [-0.4, -0.2) is 23.5 Å². The Bertz CT molecular complexity index is 920. The first kappa shape index (κ1) is 18.4. The molecule has 0 aliphatic carbocycles. The molecule has 26 heavy (non-hydrogen) atoms. The molecule has 0 radical (unpaired) electrons. The number of esters is 1. The Labute approximate surface area is 165 Å². The Balaban J connectivity index is 1.40. The smallest absolute Gasteiger partial charge is 0.306 e. The number of para-hydroxylation sites is 2. The van der Waals surface area contributed by atoms with E-state index in [4.69, 9.17) is 4.74 Å². The molecule has 0 unspecified atom stereocenters. The molecule has 0 spiro atoms. The van der Waals surface area contributed by atoms with Crippen LogP contribution in [0, 0.1) is 3.57 Å². The number of H-pyrrole nitrogens is 1. The van der Waals surface area contributed by atoms with Crippen LogP contribution in [0.3, 0.4) is 0 Å². The number of nitrogens with one attached hydrogen (secondary N) is 2. The van der Waals surface area contributed by atoms with E-state index in [-0.39, 0.29) is 24.9 Å². The fourth-order valence-corrected chi connectivity index (χ4v) is 3.25. The zero-order chi connectivity index (χ0) is 18.4. The zero-order valence-corrected chi connectivity index (χ0v) is 16.3. The standard InChI is InChI=1S/C20H19IN2O3/c21-16-8-2-4-10-18(16)23-19(24)13-26-20(25)11-5-6-14-12-22-17-9-3-1-7-15(14)17/h1-4,7-10,12,22H,5-6,11,13H2,(H,23,24). The molecule has 5 nitrogen and oxygen atoms in total. The second kappa shape index (κ2) is 8.84. The summed E-state index contributed by atoms with van der Waals surface area (Å²) in [5, 5.41) is 3.91. The average molecular weight is 462 g/mol. The van der Waals surface area contributed by atoms with Crippen molar-refractivity contribution in [3.63, 3.8) is 0 Å². The highest BCUT2D eigenvalue weighted by atomic mass is 127. The van der Waals surface area contributed by atoms with E-state index < -0.39 is 0 Å². The first-order valence-electron chi connectivity index (χ1n) is 8.38. The first-order chi connectivity index (χ1) is 12.6. The average Bonchev–Trinajstić information content (AvgIpc) is 3.05. The van der Waals surface area contributed by atoms with Gasteiger partial charge >= 0.3 is 5.97 Å². The maximum atomic E-state index is 11.9. The van der Waals surface area contributed by atoms with Gasteiger partial charge in [-0.3, -0.25) is 9.59 Å². The van der Waals surface area contributed by atoms with Gasteiger partial charge in [-0.25, -0.2) is 0 Å². The Hall–Kier alpha value is -2.35. The maximum Gasteiger partial charge on any atom is 0.306 e. The molecule has 2 N–H and O–H groups in total. The predicted octanol–water partition coefficient (Wildman–Crippen LogP) is 4.28. The number of hydrogen-bond donors (Lipinski definition) is 2. The lowest BCUT2D eigenvalue weighted by Gasteiger charge is -2.08. The Morgan fingerprint density at radius 2 is 1.85 bits per heavy atom. The first-order valence-corrected chi connectivity index (χ1v) is 9.46. The number of halogens is 1. The van der Waals surface area contributed by atoms with E-state index in [2.05, 4.69) is 39.0 Å². The van der Waals surface area contributed by atoms with Crippen LogP contribution in [-0.2, 0) is 20.7 Å². The van der Waals surface area contributed by atoms with Crippen molar-refractivity contribution < 1.29 is 14.3 Å². The molecule has 0 bridgehead atoms. The molecule has 3 aromatic rings. The number of rotatable bonds is 7. The largest absolute Gasteiger partial charge is 0.456 e. The van der Waals surface area contributed by atoms with Crippen molar-refractivity contribution >= 4 is 51.1 Å². The summed E-state index contributed by atoms with van der Waals surface area (Å²) < 4.78 is 6.00. The number of carbonyl (C=O) groups is 2. The number of carbonyl (C=O) groups excluding carboxylic acids is 2. The number of aromatic nitrogens is 1. The number of fused-ring (bicyclic) bond motifs is 1. The Kier molecular flexibility index (Phi) is 6.27. The van der Waals surface area contributed by atoms with Gasteiger partial charge in [0.2, 0.25) is 0 Å². The van der Waals surface area contributed by atoms with Crippen molar-refractivity contribution in [3.05, 3.63) is 63.9 Å². The summed E-state index contributed by atoms with van der Waals surface area (Å²) in [6.45, 7) is -0.267. The summed E-state index contributed by atoms with van der Waals surface area (Å²) in [5.41, 5.74) is 3.00.